The fourth-order valence-electron chi connectivity index (χ4n) is 2.15. The van der Waals surface area contributed by atoms with Crippen LogP contribution in [0.5, 0.6) is 0 Å². The van der Waals surface area contributed by atoms with Crippen molar-refractivity contribution in [2.24, 2.45) is 0 Å². The molecule has 0 aliphatic heterocycles. The van der Waals surface area contributed by atoms with Crippen LogP contribution in [0.3, 0.4) is 0 Å². The van der Waals surface area contributed by atoms with E-state index in [1.807, 2.05) is 0 Å². The first-order valence-electron chi connectivity index (χ1n) is 7.13. The lowest BCUT2D eigenvalue weighted by molar-refractivity contribution is 0.166. The number of methoxy groups -OCH3 is 1. The van der Waals surface area contributed by atoms with Gasteiger partial charge in [0.05, 0.1) is 6.61 Å². The topological polar surface area (TPSA) is 21.3 Å². The van der Waals surface area contributed by atoms with Crippen molar-refractivity contribution in [2.45, 2.75) is 45.1 Å². The standard InChI is InChI=1S/C16H27NO/c1-3-4-5-9-12-17-16(14-18-2)13-15-10-7-6-8-11-15/h6-8,10-11,16-17H,3-5,9,12-14H2,1-2H3/t16-/m1/s1. The van der Waals surface area contributed by atoms with E-state index < -0.39 is 0 Å². The van der Waals surface area contributed by atoms with E-state index in [1.54, 1.807) is 7.11 Å². The zero-order chi connectivity index (χ0) is 13.1. The summed E-state index contributed by atoms with van der Waals surface area (Å²) in [5.74, 6) is 0. The maximum atomic E-state index is 5.29. The highest BCUT2D eigenvalue weighted by atomic mass is 16.5. The molecule has 0 unspecified atom stereocenters. The molecule has 0 spiro atoms. The van der Waals surface area contributed by atoms with Crippen molar-refractivity contribution in [3.05, 3.63) is 35.9 Å². The third kappa shape index (κ3) is 6.77. The van der Waals surface area contributed by atoms with E-state index in [1.165, 1.54) is 31.2 Å². The minimum Gasteiger partial charge on any atom is -0.383 e. The predicted molar refractivity (Wildman–Crippen MR) is 78.0 cm³/mol. The van der Waals surface area contributed by atoms with Crippen LogP contribution in [-0.2, 0) is 11.2 Å². The van der Waals surface area contributed by atoms with Crippen molar-refractivity contribution >= 4 is 0 Å². The van der Waals surface area contributed by atoms with E-state index in [4.69, 9.17) is 4.74 Å². The van der Waals surface area contributed by atoms with Gasteiger partial charge in [-0.15, -0.1) is 0 Å². The first-order valence-corrected chi connectivity index (χ1v) is 7.13. The zero-order valence-electron chi connectivity index (χ0n) is 11.8. The van der Waals surface area contributed by atoms with Gasteiger partial charge in [0.25, 0.3) is 0 Å². The third-order valence-corrected chi connectivity index (χ3v) is 3.16. The first-order chi connectivity index (χ1) is 8.86. The Kier molecular flexibility index (Phi) is 8.53. The van der Waals surface area contributed by atoms with Gasteiger partial charge in [-0.05, 0) is 24.9 Å². The number of hydrogen-bond acceptors (Lipinski definition) is 2. The molecule has 1 atom stereocenters. The minimum absolute atomic E-state index is 0.430. The molecule has 0 saturated carbocycles. The molecule has 2 nitrogen and oxygen atoms in total. The number of hydrogen-bond donors (Lipinski definition) is 1. The molecule has 0 aliphatic carbocycles. The molecule has 1 aromatic rings. The summed E-state index contributed by atoms with van der Waals surface area (Å²) in [7, 11) is 1.77. The lowest BCUT2D eigenvalue weighted by Crippen LogP contribution is -2.35. The summed E-state index contributed by atoms with van der Waals surface area (Å²) in [5, 5.41) is 3.60. The fraction of sp³-hybridized carbons (Fsp3) is 0.625. The van der Waals surface area contributed by atoms with Crippen LogP contribution >= 0.6 is 0 Å². The number of ether oxygens (including phenoxy) is 1. The van der Waals surface area contributed by atoms with Crippen molar-refractivity contribution in [1.82, 2.24) is 5.32 Å². The monoisotopic (exact) mass is 249 g/mol. The second kappa shape index (κ2) is 10.1. The van der Waals surface area contributed by atoms with Crippen LogP contribution < -0.4 is 5.32 Å². The summed E-state index contributed by atoms with van der Waals surface area (Å²) in [4.78, 5) is 0. The first kappa shape index (κ1) is 15.2. The Hall–Kier alpha value is -0.860. The average Bonchev–Trinajstić information content (AvgIpc) is 2.40. The second-order valence-electron chi connectivity index (χ2n) is 4.86. The van der Waals surface area contributed by atoms with Crippen molar-refractivity contribution in [1.29, 1.82) is 0 Å². The SMILES string of the molecule is CCCCCCN[C@@H](COC)Cc1ccccc1. The number of unbranched alkanes of at least 4 members (excludes halogenated alkanes) is 3. The maximum Gasteiger partial charge on any atom is 0.0619 e. The smallest absolute Gasteiger partial charge is 0.0619 e. The quantitative estimate of drug-likeness (QED) is 0.642. The van der Waals surface area contributed by atoms with Crippen molar-refractivity contribution < 1.29 is 4.74 Å². The Bertz CT molecular complexity index is 286. The van der Waals surface area contributed by atoms with E-state index in [2.05, 4.69) is 42.6 Å². The van der Waals surface area contributed by atoms with Crippen LogP contribution in [-0.4, -0.2) is 26.3 Å². The molecule has 1 aromatic carbocycles. The number of benzene rings is 1. The van der Waals surface area contributed by atoms with Gasteiger partial charge in [-0.1, -0.05) is 56.5 Å². The molecule has 0 amide bonds. The van der Waals surface area contributed by atoms with Gasteiger partial charge >= 0.3 is 0 Å². The highest BCUT2D eigenvalue weighted by molar-refractivity contribution is 5.15. The van der Waals surface area contributed by atoms with Crippen molar-refractivity contribution in [2.75, 3.05) is 20.3 Å². The van der Waals surface area contributed by atoms with E-state index in [0.717, 1.165) is 19.6 Å². The van der Waals surface area contributed by atoms with Crippen LogP contribution in [0.15, 0.2) is 30.3 Å². The van der Waals surface area contributed by atoms with Gasteiger partial charge in [0.2, 0.25) is 0 Å². The van der Waals surface area contributed by atoms with E-state index in [0.29, 0.717) is 6.04 Å². The lowest BCUT2D eigenvalue weighted by atomic mass is 10.1. The van der Waals surface area contributed by atoms with Gasteiger partial charge in [0.1, 0.15) is 0 Å². The Morgan fingerprint density at radius 1 is 1.11 bits per heavy atom. The Balaban J connectivity index is 2.26. The van der Waals surface area contributed by atoms with Crippen LogP contribution in [0, 0.1) is 0 Å². The van der Waals surface area contributed by atoms with Crippen LogP contribution in [0.4, 0.5) is 0 Å². The summed E-state index contributed by atoms with van der Waals surface area (Å²) in [5.41, 5.74) is 1.38. The minimum atomic E-state index is 0.430. The highest BCUT2D eigenvalue weighted by Gasteiger charge is 2.08. The average molecular weight is 249 g/mol. The van der Waals surface area contributed by atoms with Gasteiger partial charge in [-0.2, -0.15) is 0 Å². The molecular formula is C16H27NO. The van der Waals surface area contributed by atoms with Gasteiger partial charge in [-0.3, -0.25) is 0 Å². The fourth-order valence-corrected chi connectivity index (χ4v) is 2.15. The van der Waals surface area contributed by atoms with E-state index in [9.17, 15) is 0 Å². The number of rotatable bonds is 10. The third-order valence-electron chi connectivity index (χ3n) is 3.16. The zero-order valence-corrected chi connectivity index (χ0v) is 11.8. The molecule has 2 heteroatoms. The molecular weight excluding hydrogens is 222 g/mol. The Morgan fingerprint density at radius 3 is 2.56 bits per heavy atom. The van der Waals surface area contributed by atoms with Crippen LogP contribution in [0.2, 0.25) is 0 Å². The van der Waals surface area contributed by atoms with Gasteiger partial charge in [-0.25, -0.2) is 0 Å². The Labute approximate surface area is 112 Å². The molecule has 1 N–H and O–H groups in total. The largest absolute Gasteiger partial charge is 0.383 e. The number of nitrogens with one attached hydrogen (secondary N) is 1. The van der Waals surface area contributed by atoms with Crippen molar-refractivity contribution in [3.8, 4) is 0 Å². The molecule has 102 valence electrons. The summed E-state index contributed by atoms with van der Waals surface area (Å²) < 4.78 is 5.29. The van der Waals surface area contributed by atoms with Gasteiger partial charge < -0.3 is 10.1 Å². The van der Waals surface area contributed by atoms with E-state index in [-0.39, 0.29) is 0 Å². The molecule has 1 rings (SSSR count). The van der Waals surface area contributed by atoms with Gasteiger partial charge in [0, 0.05) is 13.2 Å². The molecule has 0 fully saturated rings. The summed E-state index contributed by atoms with van der Waals surface area (Å²) in [6.45, 7) is 4.13. The summed E-state index contributed by atoms with van der Waals surface area (Å²) in [6, 6.07) is 11.1. The van der Waals surface area contributed by atoms with E-state index >= 15 is 0 Å². The van der Waals surface area contributed by atoms with Crippen LogP contribution in [0.1, 0.15) is 38.2 Å². The van der Waals surface area contributed by atoms with Crippen LogP contribution in [0.25, 0.3) is 0 Å². The molecule has 0 heterocycles. The highest BCUT2D eigenvalue weighted by Crippen LogP contribution is 2.04. The lowest BCUT2D eigenvalue weighted by Gasteiger charge is -2.18. The molecule has 0 bridgehead atoms. The normalized spacial score (nSPS) is 12.6. The predicted octanol–water partition coefficient (Wildman–Crippen LogP) is 3.41. The molecule has 0 aliphatic rings. The van der Waals surface area contributed by atoms with Gasteiger partial charge in [0.15, 0.2) is 0 Å². The maximum absolute atomic E-state index is 5.29. The Morgan fingerprint density at radius 2 is 1.89 bits per heavy atom. The molecule has 0 saturated heterocycles. The molecule has 0 aromatic heterocycles. The molecule has 0 radical (unpaired) electrons. The summed E-state index contributed by atoms with van der Waals surface area (Å²) >= 11 is 0. The summed E-state index contributed by atoms with van der Waals surface area (Å²) in [6.07, 6.45) is 6.28. The molecule has 18 heavy (non-hydrogen) atoms. The second-order valence-corrected chi connectivity index (χ2v) is 4.86. The van der Waals surface area contributed by atoms with Crippen molar-refractivity contribution in [3.63, 3.8) is 0 Å².